The molecular formula is C21H15F2N3O4. The van der Waals surface area contributed by atoms with Crippen LogP contribution >= 0.6 is 0 Å². The van der Waals surface area contributed by atoms with E-state index in [0.29, 0.717) is 33.7 Å². The summed E-state index contributed by atoms with van der Waals surface area (Å²) in [6.45, 7) is -1.28. The molecule has 0 aliphatic heterocycles. The van der Waals surface area contributed by atoms with Gasteiger partial charge in [0.25, 0.3) is 5.56 Å². The van der Waals surface area contributed by atoms with Crippen LogP contribution < -0.4 is 10.3 Å². The van der Waals surface area contributed by atoms with Crippen molar-refractivity contribution in [3.8, 4) is 28.3 Å². The number of nitrogens with zero attached hydrogens (tertiary/aromatic N) is 2. The summed E-state index contributed by atoms with van der Waals surface area (Å²) in [7, 11) is 0. The molecule has 0 bridgehead atoms. The molecule has 2 aromatic heterocycles. The Morgan fingerprint density at radius 3 is 2.53 bits per heavy atom. The standard InChI is InChI=1S/C21H15F2N3O4/c1-11-18(14-4-2-3-5-16(14)30-21(22)23)25-26-17(27)10-15(24-19(11)26)12-6-8-13(9-7-12)20(28)29/h2-10,21,24H,1H3,(H,28,29). The molecule has 0 atom stereocenters. The fourth-order valence-electron chi connectivity index (χ4n) is 3.22. The largest absolute Gasteiger partial charge is 0.478 e. The van der Waals surface area contributed by atoms with Crippen LogP contribution in [0.2, 0.25) is 0 Å². The van der Waals surface area contributed by atoms with E-state index in [1.807, 2.05) is 0 Å². The zero-order chi connectivity index (χ0) is 21.4. The number of halogens is 2. The minimum Gasteiger partial charge on any atom is -0.478 e. The Balaban J connectivity index is 1.85. The van der Waals surface area contributed by atoms with E-state index in [1.165, 1.54) is 24.3 Å². The number of hydrogen-bond acceptors (Lipinski definition) is 4. The molecule has 2 N–H and O–H groups in total. The Bertz CT molecular complexity index is 1310. The van der Waals surface area contributed by atoms with Gasteiger partial charge in [-0.15, -0.1) is 0 Å². The number of ether oxygens (including phenoxy) is 1. The van der Waals surface area contributed by atoms with E-state index in [9.17, 15) is 18.4 Å². The maximum atomic E-state index is 12.8. The molecule has 0 saturated carbocycles. The number of rotatable bonds is 5. The number of alkyl halides is 2. The van der Waals surface area contributed by atoms with Crippen LogP contribution in [0.5, 0.6) is 5.75 Å². The van der Waals surface area contributed by atoms with Gasteiger partial charge in [-0.25, -0.2) is 4.79 Å². The van der Waals surface area contributed by atoms with Crippen LogP contribution in [0.3, 0.4) is 0 Å². The van der Waals surface area contributed by atoms with Crippen molar-refractivity contribution in [2.45, 2.75) is 13.5 Å². The third-order valence-corrected chi connectivity index (χ3v) is 4.65. The van der Waals surface area contributed by atoms with Crippen LogP contribution in [0.15, 0.2) is 59.4 Å². The number of para-hydroxylation sites is 1. The topological polar surface area (TPSA) is 96.7 Å². The predicted molar refractivity (Wildman–Crippen MR) is 105 cm³/mol. The average molecular weight is 411 g/mol. The van der Waals surface area contributed by atoms with Crippen molar-refractivity contribution in [3.63, 3.8) is 0 Å². The second kappa shape index (κ2) is 7.43. The fourth-order valence-corrected chi connectivity index (χ4v) is 3.22. The quantitative estimate of drug-likeness (QED) is 0.518. The number of aromatic carboxylic acids is 1. The van der Waals surface area contributed by atoms with Crippen molar-refractivity contribution in [2.75, 3.05) is 0 Å². The Morgan fingerprint density at radius 2 is 1.87 bits per heavy atom. The Kier molecular flexibility index (Phi) is 4.78. The van der Waals surface area contributed by atoms with Crippen LogP contribution in [0.1, 0.15) is 15.9 Å². The first-order valence-corrected chi connectivity index (χ1v) is 8.86. The molecule has 0 amide bonds. The highest BCUT2D eigenvalue weighted by atomic mass is 19.3. The van der Waals surface area contributed by atoms with Gasteiger partial charge in [-0.05, 0) is 36.8 Å². The minimum atomic E-state index is -2.99. The Morgan fingerprint density at radius 1 is 1.17 bits per heavy atom. The number of fused-ring (bicyclic) bond motifs is 1. The number of carboxylic acid groups (broad SMARTS) is 1. The summed E-state index contributed by atoms with van der Waals surface area (Å²) in [6.07, 6.45) is 0. The number of H-pyrrole nitrogens is 1. The second-order valence-electron chi connectivity index (χ2n) is 6.51. The predicted octanol–water partition coefficient (Wildman–Crippen LogP) is 3.96. The highest BCUT2D eigenvalue weighted by Gasteiger charge is 2.19. The normalized spacial score (nSPS) is 11.2. The molecule has 0 unspecified atom stereocenters. The van der Waals surface area contributed by atoms with Crippen molar-refractivity contribution in [1.29, 1.82) is 0 Å². The third kappa shape index (κ3) is 3.41. The number of benzene rings is 2. The second-order valence-corrected chi connectivity index (χ2v) is 6.51. The van der Waals surface area contributed by atoms with E-state index in [-0.39, 0.29) is 11.3 Å². The monoisotopic (exact) mass is 411 g/mol. The number of aromatic nitrogens is 3. The van der Waals surface area contributed by atoms with E-state index in [2.05, 4.69) is 14.8 Å². The molecule has 0 aliphatic carbocycles. The zero-order valence-electron chi connectivity index (χ0n) is 15.6. The summed E-state index contributed by atoms with van der Waals surface area (Å²) in [5.74, 6) is -1.10. The number of carbonyl (C=O) groups is 1. The van der Waals surface area contributed by atoms with Crippen LogP contribution in [-0.2, 0) is 0 Å². The maximum absolute atomic E-state index is 12.8. The molecule has 2 aromatic carbocycles. The molecule has 0 radical (unpaired) electrons. The van der Waals surface area contributed by atoms with Crippen LogP contribution in [0.25, 0.3) is 28.2 Å². The van der Waals surface area contributed by atoms with Crippen molar-refractivity contribution >= 4 is 11.6 Å². The molecule has 4 rings (SSSR count). The molecule has 7 nitrogen and oxygen atoms in total. The van der Waals surface area contributed by atoms with E-state index >= 15 is 0 Å². The van der Waals surface area contributed by atoms with Crippen molar-refractivity contribution < 1.29 is 23.4 Å². The van der Waals surface area contributed by atoms with Gasteiger partial charge in [0.05, 0.1) is 11.3 Å². The number of carboxylic acids is 1. The van der Waals surface area contributed by atoms with Gasteiger partial charge in [0, 0.05) is 17.2 Å². The summed E-state index contributed by atoms with van der Waals surface area (Å²) >= 11 is 0. The van der Waals surface area contributed by atoms with Gasteiger partial charge >= 0.3 is 12.6 Å². The first-order chi connectivity index (χ1) is 14.3. The summed E-state index contributed by atoms with van der Waals surface area (Å²) in [6, 6.07) is 13.6. The lowest BCUT2D eigenvalue weighted by Gasteiger charge is -2.09. The van der Waals surface area contributed by atoms with Gasteiger partial charge < -0.3 is 14.8 Å². The molecule has 152 valence electrons. The molecule has 0 spiro atoms. The number of aromatic amines is 1. The smallest absolute Gasteiger partial charge is 0.387 e. The Labute approximate surface area is 168 Å². The summed E-state index contributed by atoms with van der Waals surface area (Å²) in [5.41, 5.74) is 2.41. The molecule has 0 saturated heterocycles. The van der Waals surface area contributed by atoms with Gasteiger partial charge in [0.1, 0.15) is 17.1 Å². The van der Waals surface area contributed by atoms with E-state index < -0.39 is 18.1 Å². The van der Waals surface area contributed by atoms with Crippen molar-refractivity contribution in [2.24, 2.45) is 0 Å². The lowest BCUT2D eigenvalue weighted by Crippen LogP contribution is -2.14. The Hall–Kier alpha value is -4.01. The molecule has 4 aromatic rings. The summed E-state index contributed by atoms with van der Waals surface area (Å²) in [5, 5.41) is 13.3. The third-order valence-electron chi connectivity index (χ3n) is 4.65. The van der Waals surface area contributed by atoms with Gasteiger partial charge in [-0.3, -0.25) is 4.79 Å². The van der Waals surface area contributed by atoms with Crippen molar-refractivity contribution in [1.82, 2.24) is 14.6 Å². The highest BCUT2D eigenvalue weighted by molar-refractivity contribution is 5.88. The number of nitrogens with one attached hydrogen (secondary N) is 1. The maximum Gasteiger partial charge on any atom is 0.387 e. The van der Waals surface area contributed by atoms with E-state index in [0.717, 1.165) is 4.52 Å². The molecule has 9 heteroatoms. The fraction of sp³-hybridized carbons (Fsp3) is 0.0952. The van der Waals surface area contributed by atoms with Crippen LogP contribution in [0.4, 0.5) is 8.78 Å². The van der Waals surface area contributed by atoms with Gasteiger partial charge in [-0.1, -0.05) is 24.3 Å². The van der Waals surface area contributed by atoms with E-state index in [1.54, 1.807) is 37.3 Å². The molecule has 30 heavy (non-hydrogen) atoms. The first kappa shape index (κ1) is 19.3. The van der Waals surface area contributed by atoms with Crippen molar-refractivity contribution in [3.05, 3.63) is 76.1 Å². The molecule has 0 aliphatic rings. The van der Waals surface area contributed by atoms with Gasteiger partial charge in [0.2, 0.25) is 0 Å². The highest BCUT2D eigenvalue weighted by Crippen LogP contribution is 2.33. The van der Waals surface area contributed by atoms with Gasteiger partial charge in [0.15, 0.2) is 0 Å². The van der Waals surface area contributed by atoms with E-state index in [4.69, 9.17) is 5.11 Å². The average Bonchev–Trinajstić information content (AvgIpc) is 3.05. The lowest BCUT2D eigenvalue weighted by atomic mass is 10.1. The number of hydrogen-bond donors (Lipinski definition) is 2. The number of aryl methyl sites for hydroxylation is 1. The van der Waals surface area contributed by atoms with Crippen LogP contribution in [0, 0.1) is 6.92 Å². The zero-order valence-corrected chi connectivity index (χ0v) is 15.6. The summed E-state index contributed by atoms with van der Waals surface area (Å²) < 4.78 is 31.3. The summed E-state index contributed by atoms with van der Waals surface area (Å²) in [4.78, 5) is 26.8. The van der Waals surface area contributed by atoms with Crippen LogP contribution in [-0.4, -0.2) is 32.3 Å². The minimum absolute atomic E-state index is 0.0454. The molecule has 0 fully saturated rings. The SMILES string of the molecule is Cc1c(-c2ccccc2OC(F)F)nn2c(=O)cc(-c3ccc(C(=O)O)cc3)[nH]c12. The lowest BCUT2D eigenvalue weighted by molar-refractivity contribution is -0.0494. The molecule has 2 heterocycles. The molecular weight excluding hydrogens is 396 g/mol. The first-order valence-electron chi connectivity index (χ1n) is 8.86. The van der Waals surface area contributed by atoms with Gasteiger partial charge in [-0.2, -0.15) is 18.4 Å².